The Kier molecular flexibility index (Phi) is 3.91. The molecule has 5 nitrogen and oxygen atoms in total. The molecule has 0 unspecified atom stereocenters. The van der Waals surface area contributed by atoms with Crippen LogP contribution in [0.2, 0.25) is 10.4 Å². The summed E-state index contributed by atoms with van der Waals surface area (Å²) in [6.45, 7) is 5.59. The number of rotatable bonds is 2. The van der Waals surface area contributed by atoms with E-state index in [9.17, 15) is 8.42 Å². The van der Waals surface area contributed by atoms with Crippen molar-refractivity contribution < 1.29 is 8.42 Å². The summed E-state index contributed by atoms with van der Waals surface area (Å²) in [5.74, 6) is 0.116. The minimum absolute atomic E-state index is 0.103. The van der Waals surface area contributed by atoms with Gasteiger partial charge in [0, 0.05) is 11.8 Å². The second kappa shape index (κ2) is 4.59. The van der Waals surface area contributed by atoms with E-state index in [-0.39, 0.29) is 26.7 Å². The molecule has 0 spiro atoms. The van der Waals surface area contributed by atoms with E-state index in [1.165, 1.54) is 0 Å². The van der Waals surface area contributed by atoms with Crippen molar-refractivity contribution >= 4 is 38.9 Å². The van der Waals surface area contributed by atoms with E-state index in [0.717, 1.165) is 6.26 Å². The van der Waals surface area contributed by atoms with Crippen molar-refractivity contribution in [2.75, 3.05) is 11.6 Å². The van der Waals surface area contributed by atoms with Gasteiger partial charge in [0.05, 0.1) is 0 Å². The lowest BCUT2D eigenvalue weighted by Crippen LogP contribution is -2.28. The Hall–Kier alpha value is -0.590. The minimum atomic E-state index is -3.53. The summed E-state index contributed by atoms with van der Waals surface area (Å²) < 4.78 is 23.2. The van der Waals surface area contributed by atoms with Crippen LogP contribution in [0.4, 0.5) is 5.82 Å². The Morgan fingerprint density at radius 2 is 1.71 bits per heavy atom. The summed E-state index contributed by atoms with van der Waals surface area (Å²) >= 11 is 11.5. The van der Waals surface area contributed by atoms with Crippen LogP contribution in [0.3, 0.4) is 0 Å². The van der Waals surface area contributed by atoms with Crippen molar-refractivity contribution in [3.05, 3.63) is 10.4 Å². The highest BCUT2D eigenvalue weighted by molar-refractivity contribution is 7.91. The summed E-state index contributed by atoms with van der Waals surface area (Å²) in [4.78, 5) is 7.36. The van der Waals surface area contributed by atoms with E-state index in [1.807, 2.05) is 20.8 Å². The minimum Gasteiger partial charge on any atom is -0.364 e. The van der Waals surface area contributed by atoms with E-state index in [2.05, 4.69) is 15.3 Å². The molecule has 1 aromatic rings. The van der Waals surface area contributed by atoms with E-state index in [0.29, 0.717) is 0 Å². The Bertz CT molecular complexity index is 538. The third kappa shape index (κ3) is 3.97. The number of nitrogens with zero attached hydrogens (tertiary/aromatic N) is 2. The van der Waals surface area contributed by atoms with Crippen LogP contribution < -0.4 is 5.32 Å². The Morgan fingerprint density at radius 1 is 1.18 bits per heavy atom. The molecule has 8 heteroatoms. The lowest BCUT2D eigenvalue weighted by atomic mass is 10.1. The van der Waals surface area contributed by atoms with E-state index >= 15 is 0 Å². The largest absolute Gasteiger partial charge is 0.364 e. The topological polar surface area (TPSA) is 72.0 Å². The standard InChI is InChI=1S/C9H13Cl2N3O2S/c1-9(2,3)14-7-5(17(4,15)16)6(10)12-8(11)13-7/h1-4H3,(H,12,13,14). The highest BCUT2D eigenvalue weighted by Gasteiger charge is 2.24. The maximum atomic E-state index is 11.6. The van der Waals surface area contributed by atoms with Crippen LogP contribution in [-0.2, 0) is 9.84 Å². The number of aromatic nitrogens is 2. The highest BCUT2D eigenvalue weighted by Crippen LogP contribution is 2.29. The van der Waals surface area contributed by atoms with Crippen LogP contribution >= 0.6 is 23.2 Å². The predicted octanol–water partition coefficient (Wildman–Crippen LogP) is 2.40. The van der Waals surface area contributed by atoms with Crippen LogP contribution in [0, 0.1) is 0 Å². The number of nitrogens with one attached hydrogen (secondary N) is 1. The number of hydrogen-bond acceptors (Lipinski definition) is 5. The van der Waals surface area contributed by atoms with Gasteiger partial charge in [-0.1, -0.05) is 11.6 Å². The summed E-state index contributed by atoms with van der Waals surface area (Å²) in [6, 6.07) is 0. The van der Waals surface area contributed by atoms with Crippen LogP contribution in [0.25, 0.3) is 0 Å². The average Bonchev–Trinajstić information content (AvgIpc) is 1.94. The lowest BCUT2D eigenvalue weighted by molar-refractivity contribution is 0.598. The summed E-state index contributed by atoms with van der Waals surface area (Å²) in [7, 11) is -3.53. The molecule has 0 fully saturated rings. The van der Waals surface area contributed by atoms with Gasteiger partial charge in [0.15, 0.2) is 20.8 Å². The molecule has 17 heavy (non-hydrogen) atoms. The Balaban J connectivity index is 3.47. The number of halogens is 2. The van der Waals surface area contributed by atoms with Crippen molar-refractivity contribution in [2.45, 2.75) is 31.2 Å². The fraction of sp³-hybridized carbons (Fsp3) is 0.556. The van der Waals surface area contributed by atoms with Gasteiger partial charge >= 0.3 is 0 Å². The quantitative estimate of drug-likeness (QED) is 0.670. The summed E-state index contributed by atoms with van der Waals surface area (Å²) in [6.07, 6.45) is 1.04. The highest BCUT2D eigenvalue weighted by atomic mass is 35.5. The number of anilines is 1. The second-order valence-electron chi connectivity index (χ2n) is 4.61. The van der Waals surface area contributed by atoms with Gasteiger partial charge < -0.3 is 5.32 Å². The zero-order chi connectivity index (χ0) is 13.4. The van der Waals surface area contributed by atoms with Crippen molar-refractivity contribution in [1.82, 2.24) is 9.97 Å². The maximum absolute atomic E-state index is 11.6. The molecular weight excluding hydrogens is 285 g/mol. The zero-order valence-corrected chi connectivity index (χ0v) is 12.2. The molecule has 0 bridgehead atoms. The Morgan fingerprint density at radius 3 is 2.12 bits per heavy atom. The molecule has 0 radical (unpaired) electrons. The number of hydrogen-bond donors (Lipinski definition) is 1. The van der Waals surface area contributed by atoms with Gasteiger partial charge in [-0.2, -0.15) is 4.98 Å². The first-order chi connectivity index (χ1) is 7.50. The first kappa shape index (κ1) is 14.5. The predicted molar refractivity (Wildman–Crippen MR) is 68.5 cm³/mol. The fourth-order valence-electron chi connectivity index (χ4n) is 1.17. The van der Waals surface area contributed by atoms with Crippen LogP contribution in [0.15, 0.2) is 4.90 Å². The van der Waals surface area contributed by atoms with Gasteiger partial charge in [-0.05, 0) is 32.4 Å². The van der Waals surface area contributed by atoms with Crippen molar-refractivity contribution in [1.29, 1.82) is 0 Å². The number of sulfone groups is 1. The molecule has 0 amide bonds. The normalized spacial score (nSPS) is 12.6. The van der Waals surface area contributed by atoms with E-state index < -0.39 is 9.84 Å². The fourth-order valence-corrected chi connectivity index (χ4v) is 2.77. The molecule has 1 aromatic heterocycles. The molecule has 1 rings (SSSR count). The molecule has 0 saturated carbocycles. The zero-order valence-electron chi connectivity index (χ0n) is 9.88. The molecule has 96 valence electrons. The molecule has 0 aliphatic carbocycles. The molecule has 0 aliphatic heterocycles. The third-order valence-corrected chi connectivity index (χ3v) is 3.34. The maximum Gasteiger partial charge on any atom is 0.225 e. The second-order valence-corrected chi connectivity index (χ2v) is 7.26. The molecule has 1 N–H and O–H groups in total. The van der Waals surface area contributed by atoms with Crippen molar-refractivity contribution in [3.8, 4) is 0 Å². The molecular formula is C9H13Cl2N3O2S. The monoisotopic (exact) mass is 297 g/mol. The molecule has 0 aromatic carbocycles. The van der Waals surface area contributed by atoms with Crippen LogP contribution in [0.5, 0.6) is 0 Å². The van der Waals surface area contributed by atoms with Gasteiger partial charge in [-0.3, -0.25) is 0 Å². The smallest absolute Gasteiger partial charge is 0.225 e. The van der Waals surface area contributed by atoms with Gasteiger partial charge in [0.25, 0.3) is 0 Å². The first-order valence-corrected chi connectivity index (χ1v) is 7.37. The van der Waals surface area contributed by atoms with Crippen molar-refractivity contribution in [2.24, 2.45) is 0 Å². The average molecular weight is 298 g/mol. The SMILES string of the molecule is CC(C)(C)Nc1nc(Cl)nc(Cl)c1S(C)(=O)=O. The van der Waals surface area contributed by atoms with Gasteiger partial charge in [0.2, 0.25) is 5.28 Å². The van der Waals surface area contributed by atoms with Gasteiger partial charge in [-0.15, -0.1) is 0 Å². The molecule has 0 saturated heterocycles. The first-order valence-electron chi connectivity index (χ1n) is 4.72. The molecule has 0 aliphatic rings. The molecule has 1 heterocycles. The summed E-state index contributed by atoms with van der Waals surface area (Å²) in [5.41, 5.74) is -0.375. The third-order valence-electron chi connectivity index (χ3n) is 1.66. The summed E-state index contributed by atoms with van der Waals surface area (Å²) in [5, 5.41) is 2.65. The van der Waals surface area contributed by atoms with Crippen LogP contribution in [-0.4, -0.2) is 30.2 Å². The molecule has 0 atom stereocenters. The van der Waals surface area contributed by atoms with Gasteiger partial charge in [0.1, 0.15) is 4.90 Å². The van der Waals surface area contributed by atoms with E-state index in [4.69, 9.17) is 23.2 Å². The van der Waals surface area contributed by atoms with Gasteiger partial charge in [-0.25, -0.2) is 13.4 Å². The van der Waals surface area contributed by atoms with E-state index in [1.54, 1.807) is 0 Å². The Labute approximate surface area is 110 Å². The van der Waals surface area contributed by atoms with Crippen LogP contribution in [0.1, 0.15) is 20.8 Å². The lowest BCUT2D eigenvalue weighted by Gasteiger charge is -2.22. The van der Waals surface area contributed by atoms with Crippen molar-refractivity contribution in [3.63, 3.8) is 0 Å².